The summed E-state index contributed by atoms with van der Waals surface area (Å²) in [5, 5.41) is 3.10. The number of fused-ring (bicyclic) bond motifs is 1. The van der Waals surface area contributed by atoms with Crippen molar-refractivity contribution in [1.29, 1.82) is 0 Å². The minimum Gasteiger partial charge on any atom is -0.336 e. The number of nitrogens with one attached hydrogen (secondary N) is 1. The van der Waals surface area contributed by atoms with Gasteiger partial charge in [-0.25, -0.2) is 0 Å². The van der Waals surface area contributed by atoms with E-state index in [-0.39, 0.29) is 18.4 Å². The summed E-state index contributed by atoms with van der Waals surface area (Å²) in [6, 6.07) is 0.746. The molecule has 1 amide bonds. The van der Waals surface area contributed by atoms with E-state index in [0.717, 1.165) is 25.7 Å². The average molecular weight is 226 g/mol. The number of hydrogen-bond acceptors (Lipinski definition) is 4. The molecule has 0 aromatic carbocycles. The van der Waals surface area contributed by atoms with Crippen LogP contribution in [0.25, 0.3) is 0 Å². The van der Waals surface area contributed by atoms with Gasteiger partial charge in [0.2, 0.25) is 12.3 Å². The fourth-order valence-electron chi connectivity index (χ4n) is 2.97. The fraction of sp³-hybridized carbons (Fsp3) is 0.909. The van der Waals surface area contributed by atoms with Crippen LogP contribution < -0.4 is 5.32 Å². The van der Waals surface area contributed by atoms with E-state index in [9.17, 15) is 4.79 Å². The molecule has 3 aliphatic rings. The van der Waals surface area contributed by atoms with Crippen LogP contribution in [0.1, 0.15) is 32.6 Å². The molecule has 3 atom stereocenters. The summed E-state index contributed by atoms with van der Waals surface area (Å²) in [7, 11) is 0. The summed E-state index contributed by atoms with van der Waals surface area (Å²) in [6.45, 7) is 2.47. The molecule has 0 spiro atoms. The highest BCUT2D eigenvalue weighted by Gasteiger charge is 2.42. The van der Waals surface area contributed by atoms with E-state index < -0.39 is 0 Å². The number of ether oxygens (including phenoxy) is 2. The van der Waals surface area contributed by atoms with Gasteiger partial charge in [0.1, 0.15) is 0 Å². The molecule has 90 valence electrons. The first-order valence-corrected chi connectivity index (χ1v) is 6.07. The van der Waals surface area contributed by atoms with Gasteiger partial charge in [0.15, 0.2) is 6.79 Å². The van der Waals surface area contributed by atoms with Gasteiger partial charge in [-0.1, -0.05) is 0 Å². The molecule has 3 fully saturated rings. The Morgan fingerprint density at radius 2 is 2.00 bits per heavy atom. The number of amides is 1. The Bertz CT molecular complexity index is 293. The molecule has 0 radical (unpaired) electrons. The van der Waals surface area contributed by atoms with Crippen molar-refractivity contribution in [2.75, 3.05) is 6.79 Å². The lowest BCUT2D eigenvalue weighted by molar-refractivity contribution is -0.335. The molecule has 3 rings (SSSR count). The summed E-state index contributed by atoms with van der Waals surface area (Å²) in [4.78, 5) is 14.3. The summed E-state index contributed by atoms with van der Waals surface area (Å²) >= 11 is 0. The van der Waals surface area contributed by atoms with Gasteiger partial charge in [0.25, 0.3) is 0 Å². The Morgan fingerprint density at radius 1 is 1.25 bits per heavy atom. The zero-order chi connectivity index (χ0) is 11.1. The number of carbonyl (C=O) groups excluding carboxylic acids is 1. The molecule has 16 heavy (non-hydrogen) atoms. The van der Waals surface area contributed by atoms with E-state index in [0.29, 0.717) is 18.9 Å². The van der Waals surface area contributed by atoms with Crippen LogP contribution in [0, 0.1) is 0 Å². The first kappa shape index (κ1) is 10.5. The standard InChI is InChI=1S/C11H18N2O3/c1-7-2-3-8-4-5-9(10(14)13(7)8)12-11-15-6-16-11/h7-9,11-12H,2-6H2,1H3/t7-,8-,9+/m1/s1. The number of hydrogen-bond donors (Lipinski definition) is 1. The molecule has 0 bridgehead atoms. The van der Waals surface area contributed by atoms with Crippen molar-refractivity contribution < 1.29 is 14.3 Å². The highest BCUT2D eigenvalue weighted by atomic mass is 16.9. The fourth-order valence-corrected chi connectivity index (χ4v) is 2.97. The molecular formula is C11H18N2O3. The molecule has 5 heteroatoms. The third-order valence-electron chi connectivity index (χ3n) is 3.90. The molecule has 0 unspecified atom stereocenters. The van der Waals surface area contributed by atoms with Crippen molar-refractivity contribution >= 4 is 5.91 Å². The Morgan fingerprint density at radius 3 is 2.69 bits per heavy atom. The molecule has 3 saturated heterocycles. The zero-order valence-corrected chi connectivity index (χ0v) is 9.52. The first-order valence-electron chi connectivity index (χ1n) is 6.07. The van der Waals surface area contributed by atoms with Crippen molar-refractivity contribution in [3.05, 3.63) is 0 Å². The smallest absolute Gasteiger partial charge is 0.240 e. The third-order valence-corrected chi connectivity index (χ3v) is 3.90. The number of nitrogens with zero attached hydrogens (tertiary/aromatic N) is 1. The van der Waals surface area contributed by atoms with Crippen LogP contribution in [0.15, 0.2) is 0 Å². The van der Waals surface area contributed by atoms with E-state index in [1.807, 2.05) is 0 Å². The molecule has 0 saturated carbocycles. The van der Waals surface area contributed by atoms with Gasteiger partial charge in [-0.05, 0) is 32.6 Å². The topological polar surface area (TPSA) is 50.8 Å². The zero-order valence-electron chi connectivity index (χ0n) is 9.52. The number of piperidine rings is 1. The van der Waals surface area contributed by atoms with Gasteiger partial charge in [-0.15, -0.1) is 0 Å². The van der Waals surface area contributed by atoms with E-state index >= 15 is 0 Å². The normalized spacial score (nSPS) is 39.7. The van der Waals surface area contributed by atoms with Gasteiger partial charge in [-0.2, -0.15) is 0 Å². The van der Waals surface area contributed by atoms with E-state index in [2.05, 4.69) is 17.1 Å². The lowest BCUT2D eigenvalue weighted by Crippen LogP contribution is -2.59. The van der Waals surface area contributed by atoms with E-state index in [1.165, 1.54) is 0 Å². The lowest BCUT2D eigenvalue weighted by Gasteiger charge is -2.39. The van der Waals surface area contributed by atoms with E-state index in [1.54, 1.807) is 0 Å². The van der Waals surface area contributed by atoms with Gasteiger partial charge < -0.3 is 14.4 Å². The molecule has 1 N–H and O–H groups in total. The molecule has 0 aromatic heterocycles. The van der Waals surface area contributed by atoms with Gasteiger partial charge >= 0.3 is 0 Å². The average Bonchev–Trinajstić information content (AvgIpc) is 2.57. The SMILES string of the molecule is C[C@@H]1CC[C@@H]2CC[C@H](NC3OCO3)C(=O)N21. The monoisotopic (exact) mass is 226 g/mol. The van der Waals surface area contributed by atoms with Gasteiger partial charge in [0.05, 0.1) is 6.04 Å². The second kappa shape index (κ2) is 3.98. The third kappa shape index (κ3) is 1.63. The minimum atomic E-state index is -0.372. The van der Waals surface area contributed by atoms with Crippen LogP contribution in [-0.4, -0.2) is 42.1 Å². The lowest BCUT2D eigenvalue weighted by atomic mass is 9.98. The highest BCUT2D eigenvalue weighted by Crippen LogP contribution is 2.32. The maximum atomic E-state index is 12.2. The molecule has 3 heterocycles. The summed E-state index contributed by atoms with van der Waals surface area (Å²) in [5.41, 5.74) is 0. The van der Waals surface area contributed by atoms with Crippen LogP contribution in [0.4, 0.5) is 0 Å². The van der Waals surface area contributed by atoms with Crippen molar-refractivity contribution in [2.24, 2.45) is 0 Å². The van der Waals surface area contributed by atoms with Crippen LogP contribution in [0.3, 0.4) is 0 Å². The van der Waals surface area contributed by atoms with Crippen LogP contribution in [-0.2, 0) is 14.3 Å². The van der Waals surface area contributed by atoms with Crippen molar-refractivity contribution in [3.8, 4) is 0 Å². The number of rotatable bonds is 2. The van der Waals surface area contributed by atoms with Crippen molar-refractivity contribution in [3.63, 3.8) is 0 Å². The van der Waals surface area contributed by atoms with Gasteiger partial charge in [-0.3, -0.25) is 10.1 Å². The second-order valence-corrected chi connectivity index (χ2v) is 4.91. The first-order chi connectivity index (χ1) is 7.75. The maximum absolute atomic E-state index is 12.2. The number of carbonyl (C=O) groups is 1. The quantitative estimate of drug-likeness (QED) is 0.740. The Labute approximate surface area is 95.1 Å². The second-order valence-electron chi connectivity index (χ2n) is 4.91. The van der Waals surface area contributed by atoms with Crippen LogP contribution in [0.2, 0.25) is 0 Å². The van der Waals surface area contributed by atoms with Crippen LogP contribution >= 0.6 is 0 Å². The highest BCUT2D eigenvalue weighted by molar-refractivity contribution is 5.83. The Hall–Kier alpha value is -0.650. The predicted molar refractivity (Wildman–Crippen MR) is 56.3 cm³/mol. The van der Waals surface area contributed by atoms with Crippen molar-refractivity contribution in [2.45, 2.75) is 57.1 Å². The van der Waals surface area contributed by atoms with E-state index in [4.69, 9.17) is 9.47 Å². The molecule has 0 aliphatic carbocycles. The molecular weight excluding hydrogens is 208 g/mol. The Kier molecular flexibility index (Phi) is 2.61. The summed E-state index contributed by atoms with van der Waals surface area (Å²) < 4.78 is 10.2. The maximum Gasteiger partial charge on any atom is 0.240 e. The van der Waals surface area contributed by atoms with Crippen molar-refractivity contribution in [1.82, 2.24) is 10.2 Å². The summed E-state index contributed by atoms with van der Waals surface area (Å²) in [6.07, 6.45) is 3.93. The molecule has 0 aromatic rings. The largest absolute Gasteiger partial charge is 0.336 e. The summed E-state index contributed by atoms with van der Waals surface area (Å²) in [5.74, 6) is 0.223. The van der Waals surface area contributed by atoms with Crippen LogP contribution in [0.5, 0.6) is 0 Å². The minimum absolute atomic E-state index is 0.123. The predicted octanol–water partition coefficient (Wildman–Crippen LogP) is 0.406. The molecule has 3 aliphatic heterocycles. The van der Waals surface area contributed by atoms with Gasteiger partial charge in [0, 0.05) is 12.1 Å². The Balaban J connectivity index is 1.65. The molecule has 5 nitrogen and oxygen atoms in total.